The summed E-state index contributed by atoms with van der Waals surface area (Å²) < 4.78 is 1.11. The highest BCUT2D eigenvalue weighted by atomic mass is 79.9. The van der Waals surface area contributed by atoms with Crippen molar-refractivity contribution in [3.8, 4) is 0 Å². The van der Waals surface area contributed by atoms with Crippen molar-refractivity contribution in [2.45, 2.75) is 6.04 Å². The van der Waals surface area contributed by atoms with Gasteiger partial charge in [-0.05, 0) is 45.1 Å². The van der Waals surface area contributed by atoms with Crippen molar-refractivity contribution in [2.24, 2.45) is 5.84 Å². The van der Waals surface area contributed by atoms with E-state index < -0.39 is 0 Å². The molecule has 0 radical (unpaired) electrons. The number of nitrogens with two attached hydrogens (primary N) is 1. The van der Waals surface area contributed by atoms with Gasteiger partial charge in [0.2, 0.25) is 0 Å². The van der Waals surface area contributed by atoms with Gasteiger partial charge in [-0.25, -0.2) is 5.43 Å². The Morgan fingerprint density at radius 2 is 2.43 bits per heavy atom. The van der Waals surface area contributed by atoms with Crippen molar-refractivity contribution >= 4 is 27.3 Å². The normalized spacial score (nSPS) is 13.0. The maximum atomic E-state index is 5.52. The van der Waals surface area contributed by atoms with Gasteiger partial charge in [0, 0.05) is 11.9 Å². The highest BCUT2D eigenvalue weighted by molar-refractivity contribution is 9.11. The molecule has 0 fully saturated rings. The summed E-state index contributed by atoms with van der Waals surface area (Å²) in [6, 6.07) is 6.07. The van der Waals surface area contributed by atoms with Crippen LogP contribution >= 0.6 is 27.3 Å². The predicted octanol–water partition coefficient (Wildman–Crippen LogP) is 2.39. The van der Waals surface area contributed by atoms with E-state index in [0.717, 1.165) is 15.0 Å². The number of H-pyrrole nitrogens is 1. The first-order valence-corrected chi connectivity index (χ1v) is 5.82. The maximum Gasteiger partial charge on any atom is 0.0867 e. The Bertz CT molecular complexity index is 396. The third-order valence-corrected chi connectivity index (χ3v) is 3.54. The number of aromatic amines is 1. The lowest BCUT2D eigenvalue weighted by Gasteiger charge is -2.12. The number of halogens is 1. The molecule has 1 atom stereocenters. The van der Waals surface area contributed by atoms with Crippen molar-refractivity contribution in [2.75, 3.05) is 0 Å². The van der Waals surface area contributed by atoms with Gasteiger partial charge in [-0.3, -0.25) is 5.84 Å². The van der Waals surface area contributed by atoms with E-state index in [0.29, 0.717) is 0 Å². The van der Waals surface area contributed by atoms with Crippen LogP contribution in [0.2, 0.25) is 0 Å². The molecule has 2 rings (SSSR count). The third-order valence-electron chi connectivity index (χ3n) is 2.02. The highest BCUT2D eigenvalue weighted by Gasteiger charge is 2.13. The molecule has 0 aromatic carbocycles. The molecule has 1 unspecified atom stereocenters. The first-order valence-electron chi connectivity index (χ1n) is 4.14. The van der Waals surface area contributed by atoms with E-state index in [2.05, 4.69) is 37.8 Å². The van der Waals surface area contributed by atoms with Gasteiger partial charge in [-0.2, -0.15) is 0 Å². The summed E-state index contributed by atoms with van der Waals surface area (Å²) >= 11 is 5.09. The van der Waals surface area contributed by atoms with Crippen LogP contribution in [0.1, 0.15) is 17.3 Å². The molecule has 2 aromatic heterocycles. The fraction of sp³-hybridized carbons (Fsp3) is 0.111. The zero-order valence-corrected chi connectivity index (χ0v) is 9.73. The van der Waals surface area contributed by atoms with Crippen LogP contribution in [0, 0.1) is 0 Å². The first-order chi connectivity index (χ1) is 6.81. The fourth-order valence-electron chi connectivity index (χ4n) is 1.36. The summed E-state index contributed by atoms with van der Waals surface area (Å²) in [6.07, 6.45) is 1.89. The minimum atomic E-state index is 0.0348. The molecule has 2 heterocycles. The maximum absolute atomic E-state index is 5.52. The summed E-state index contributed by atoms with van der Waals surface area (Å²) in [6.45, 7) is 0. The lowest BCUT2D eigenvalue weighted by atomic mass is 10.1. The Labute approximate surface area is 94.4 Å². The number of hydrogen-bond donors (Lipinski definition) is 3. The first kappa shape index (κ1) is 9.92. The number of hydrazine groups is 1. The van der Waals surface area contributed by atoms with Crippen LogP contribution in [-0.4, -0.2) is 4.98 Å². The molecular weight excluding hydrogens is 262 g/mol. The van der Waals surface area contributed by atoms with E-state index >= 15 is 0 Å². The zero-order valence-electron chi connectivity index (χ0n) is 7.33. The van der Waals surface area contributed by atoms with Crippen molar-refractivity contribution in [1.29, 1.82) is 0 Å². The molecular formula is C9H10BrN3S. The molecule has 5 heteroatoms. The van der Waals surface area contributed by atoms with E-state index in [1.807, 2.05) is 18.3 Å². The average Bonchev–Trinajstić information content (AvgIpc) is 2.79. The minimum absolute atomic E-state index is 0.0348. The van der Waals surface area contributed by atoms with Crippen LogP contribution in [0.5, 0.6) is 0 Å². The number of nitrogens with one attached hydrogen (secondary N) is 2. The largest absolute Gasteiger partial charge is 0.363 e. The van der Waals surface area contributed by atoms with Crippen LogP contribution in [0.25, 0.3) is 0 Å². The van der Waals surface area contributed by atoms with Gasteiger partial charge >= 0.3 is 0 Å². The van der Waals surface area contributed by atoms with E-state index in [4.69, 9.17) is 5.84 Å². The lowest BCUT2D eigenvalue weighted by molar-refractivity contribution is 0.625. The smallest absolute Gasteiger partial charge is 0.0867 e. The number of rotatable bonds is 3. The summed E-state index contributed by atoms with van der Waals surface area (Å²) in [4.78, 5) is 3.14. The molecule has 0 aliphatic carbocycles. The van der Waals surface area contributed by atoms with E-state index in [9.17, 15) is 0 Å². The van der Waals surface area contributed by atoms with Crippen molar-refractivity contribution in [3.63, 3.8) is 0 Å². The van der Waals surface area contributed by atoms with Gasteiger partial charge in [0.15, 0.2) is 0 Å². The Hall–Kier alpha value is -0.620. The van der Waals surface area contributed by atoms with Gasteiger partial charge in [-0.1, -0.05) is 0 Å². The molecule has 0 bridgehead atoms. The second-order valence-electron chi connectivity index (χ2n) is 2.91. The summed E-state index contributed by atoms with van der Waals surface area (Å²) in [5, 5.41) is 2.08. The predicted molar refractivity (Wildman–Crippen MR) is 62.0 cm³/mol. The lowest BCUT2D eigenvalue weighted by Crippen LogP contribution is -2.28. The minimum Gasteiger partial charge on any atom is -0.363 e. The second kappa shape index (κ2) is 4.27. The molecule has 0 amide bonds. The van der Waals surface area contributed by atoms with Crippen molar-refractivity contribution in [3.05, 3.63) is 44.8 Å². The molecule has 2 aromatic rings. The molecule has 0 saturated carbocycles. The Morgan fingerprint density at radius 1 is 1.57 bits per heavy atom. The van der Waals surface area contributed by atoms with Crippen LogP contribution in [0.15, 0.2) is 33.6 Å². The van der Waals surface area contributed by atoms with Crippen LogP contribution in [-0.2, 0) is 0 Å². The molecule has 0 saturated heterocycles. The number of aromatic nitrogens is 1. The molecule has 4 N–H and O–H groups in total. The van der Waals surface area contributed by atoms with Gasteiger partial charge in [0.1, 0.15) is 0 Å². The van der Waals surface area contributed by atoms with Gasteiger partial charge < -0.3 is 4.98 Å². The summed E-state index contributed by atoms with van der Waals surface area (Å²) in [5.41, 5.74) is 5.02. The Balaban J connectivity index is 2.31. The van der Waals surface area contributed by atoms with Crippen LogP contribution in [0.4, 0.5) is 0 Å². The van der Waals surface area contributed by atoms with Gasteiger partial charge in [-0.15, -0.1) is 11.3 Å². The van der Waals surface area contributed by atoms with Gasteiger partial charge in [0.05, 0.1) is 9.83 Å². The van der Waals surface area contributed by atoms with Gasteiger partial charge in [0.25, 0.3) is 0 Å². The Kier molecular flexibility index (Phi) is 3.02. The average molecular weight is 272 g/mol. The highest BCUT2D eigenvalue weighted by Crippen LogP contribution is 2.27. The fourth-order valence-corrected chi connectivity index (χ4v) is 2.57. The van der Waals surface area contributed by atoms with Crippen molar-refractivity contribution in [1.82, 2.24) is 10.4 Å². The van der Waals surface area contributed by atoms with Crippen LogP contribution < -0.4 is 11.3 Å². The monoisotopic (exact) mass is 271 g/mol. The molecule has 0 spiro atoms. The van der Waals surface area contributed by atoms with Crippen LogP contribution in [0.3, 0.4) is 0 Å². The zero-order chi connectivity index (χ0) is 9.97. The number of thiophene rings is 1. The van der Waals surface area contributed by atoms with E-state index in [-0.39, 0.29) is 6.04 Å². The van der Waals surface area contributed by atoms with E-state index in [1.165, 1.54) is 0 Å². The molecule has 0 aliphatic heterocycles. The molecule has 0 aliphatic rings. The molecule has 3 nitrogen and oxygen atoms in total. The standard InChI is InChI=1S/C9H10BrN3S/c10-8-4-6(5-14-8)9(13-11)7-2-1-3-12-7/h1-5,9,12-13H,11H2. The Morgan fingerprint density at radius 3 is 2.93 bits per heavy atom. The SMILES string of the molecule is NNC(c1csc(Br)c1)c1ccc[nH]1. The molecule has 14 heavy (non-hydrogen) atoms. The third kappa shape index (κ3) is 1.90. The second-order valence-corrected chi connectivity index (χ2v) is 5.20. The summed E-state index contributed by atoms with van der Waals surface area (Å²) in [5.74, 6) is 5.52. The molecule has 74 valence electrons. The summed E-state index contributed by atoms with van der Waals surface area (Å²) in [7, 11) is 0. The topological polar surface area (TPSA) is 53.8 Å². The van der Waals surface area contributed by atoms with E-state index in [1.54, 1.807) is 11.3 Å². The number of hydrogen-bond acceptors (Lipinski definition) is 3. The van der Waals surface area contributed by atoms with Crippen molar-refractivity contribution < 1.29 is 0 Å². The quantitative estimate of drug-likeness (QED) is 0.593.